The molecule has 0 unspecified atom stereocenters. The lowest BCUT2D eigenvalue weighted by atomic mass is 9.91. The van der Waals surface area contributed by atoms with Crippen molar-refractivity contribution in [3.63, 3.8) is 0 Å². The highest BCUT2D eigenvalue weighted by atomic mass is 28.4. The van der Waals surface area contributed by atoms with Gasteiger partial charge in [0.1, 0.15) is 0 Å². The second-order valence-electron chi connectivity index (χ2n) is 5.15. The van der Waals surface area contributed by atoms with E-state index in [9.17, 15) is 0 Å². The van der Waals surface area contributed by atoms with Gasteiger partial charge in [-0.05, 0) is 51.4 Å². The van der Waals surface area contributed by atoms with Crippen molar-refractivity contribution in [1.29, 1.82) is 0 Å². The van der Waals surface area contributed by atoms with Crippen molar-refractivity contribution in [2.24, 2.45) is 5.92 Å². The first kappa shape index (κ1) is 10.8. The van der Waals surface area contributed by atoms with Crippen molar-refractivity contribution in [2.45, 2.75) is 52.8 Å². The number of hydrogen-bond donors (Lipinski definition) is 0. The Balaban J connectivity index is 2.75. The lowest BCUT2D eigenvalue weighted by Crippen LogP contribution is -2.28. The zero-order valence-corrected chi connectivity index (χ0v) is 10.6. The van der Waals surface area contributed by atoms with E-state index in [1.165, 1.54) is 30.6 Å². The van der Waals surface area contributed by atoms with Gasteiger partial charge in [-0.1, -0.05) is 6.92 Å². The molecule has 0 radical (unpaired) electrons. The van der Waals surface area contributed by atoms with Crippen molar-refractivity contribution in [1.82, 2.24) is 0 Å². The minimum absolute atomic E-state index is 0.653. The van der Waals surface area contributed by atoms with Crippen LogP contribution in [0.1, 0.15) is 33.1 Å². The molecule has 0 amide bonds. The molecule has 0 fully saturated rings. The fourth-order valence-corrected chi connectivity index (χ4v) is 2.90. The third kappa shape index (κ3) is 3.18. The topological polar surface area (TPSA) is 9.23 Å². The van der Waals surface area contributed by atoms with Crippen LogP contribution in [0, 0.1) is 5.92 Å². The molecule has 0 aromatic rings. The molecule has 1 aliphatic rings. The summed E-state index contributed by atoms with van der Waals surface area (Å²) in [7, 11) is -1.39. The highest BCUT2D eigenvalue weighted by molar-refractivity contribution is 6.70. The van der Waals surface area contributed by atoms with Crippen molar-refractivity contribution in [3.8, 4) is 0 Å². The molecule has 2 heteroatoms. The van der Waals surface area contributed by atoms with Crippen molar-refractivity contribution in [2.75, 3.05) is 0 Å². The molecule has 0 spiro atoms. The molecule has 1 atom stereocenters. The van der Waals surface area contributed by atoms with E-state index in [2.05, 4.69) is 33.5 Å². The first-order chi connectivity index (χ1) is 5.90. The lowest BCUT2D eigenvalue weighted by Gasteiger charge is -2.30. The Morgan fingerprint density at radius 3 is 2.38 bits per heavy atom. The van der Waals surface area contributed by atoms with E-state index in [0.29, 0.717) is 5.92 Å². The average molecular weight is 198 g/mol. The van der Waals surface area contributed by atoms with Crippen LogP contribution in [-0.4, -0.2) is 8.32 Å². The number of allylic oxidation sites excluding steroid dienone is 2. The molecule has 13 heavy (non-hydrogen) atoms. The summed E-state index contributed by atoms with van der Waals surface area (Å²) in [5.41, 5.74) is 1.49. The molecule has 1 aliphatic carbocycles. The summed E-state index contributed by atoms with van der Waals surface area (Å²) in [6, 6.07) is 0. The Bertz CT molecular complexity index is 213. The zero-order chi connectivity index (χ0) is 10.1. The van der Waals surface area contributed by atoms with Gasteiger partial charge in [0.2, 0.25) is 8.32 Å². The molecule has 0 saturated heterocycles. The summed E-state index contributed by atoms with van der Waals surface area (Å²) in [5.74, 6) is 1.96. The molecule has 0 heterocycles. The van der Waals surface area contributed by atoms with Crippen molar-refractivity contribution < 1.29 is 4.43 Å². The Hall–Kier alpha value is -0.243. The van der Waals surface area contributed by atoms with E-state index in [4.69, 9.17) is 4.43 Å². The predicted octanol–water partition coefficient (Wildman–Crippen LogP) is 3.93. The smallest absolute Gasteiger partial charge is 0.241 e. The summed E-state index contributed by atoms with van der Waals surface area (Å²) in [6.07, 6.45) is 3.88. The first-order valence-corrected chi connectivity index (χ1v) is 8.69. The standard InChI is InChI=1S/C11H22OSi/c1-9-7-6-8-10(2)11(9)12-13(3,4)5/h9H,6-8H2,1-5H3/t9-/m1/s1. The van der Waals surface area contributed by atoms with Gasteiger partial charge in [0.25, 0.3) is 0 Å². The van der Waals surface area contributed by atoms with Crippen LogP contribution in [0.5, 0.6) is 0 Å². The fraction of sp³-hybridized carbons (Fsp3) is 0.818. The normalized spacial score (nSPS) is 24.8. The van der Waals surface area contributed by atoms with Crippen molar-refractivity contribution >= 4 is 8.32 Å². The van der Waals surface area contributed by atoms with Gasteiger partial charge < -0.3 is 4.43 Å². The fourth-order valence-electron chi connectivity index (χ4n) is 1.87. The Kier molecular flexibility index (Phi) is 3.22. The van der Waals surface area contributed by atoms with Gasteiger partial charge in [-0.25, -0.2) is 0 Å². The Morgan fingerprint density at radius 2 is 1.92 bits per heavy atom. The minimum atomic E-state index is -1.39. The summed E-state index contributed by atoms with van der Waals surface area (Å²) in [4.78, 5) is 0. The molecule has 1 rings (SSSR count). The van der Waals surface area contributed by atoms with E-state index < -0.39 is 8.32 Å². The summed E-state index contributed by atoms with van der Waals surface area (Å²) >= 11 is 0. The largest absolute Gasteiger partial charge is 0.547 e. The molecule has 0 N–H and O–H groups in total. The summed E-state index contributed by atoms with van der Waals surface area (Å²) < 4.78 is 6.12. The molecular weight excluding hydrogens is 176 g/mol. The molecule has 0 aliphatic heterocycles. The number of hydrogen-bond acceptors (Lipinski definition) is 1. The molecule has 0 saturated carbocycles. The molecular formula is C11H22OSi. The Labute approximate surface area is 83.3 Å². The maximum absolute atomic E-state index is 6.12. The SMILES string of the molecule is CC1=C(O[Si](C)(C)C)[C@H](C)CCC1. The van der Waals surface area contributed by atoms with Gasteiger partial charge in [-0.3, -0.25) is 0 Å². The van der Waals surface area contributed by atoms with Gasteiger partial charge in [0.05, 0.1) is 5.76 Å². The quantitative estimate of drug-likeness (QED) is 0.611. The molecule has 0 bridgehead atoms. The third-order valence-corrected chi connectivity index (χ3v) is 3.31. The summed E-state index contributed by atoms with van der Waals surface area (Å²) in [5, 5.41) is 0. The van der Waals surface area contributed by atoms with E-state index in [1.54, 1.807) is 0 Å². The first-order valence-electron chi connectivity index (χ1n) is 5.29. The maximum Gasteiger partial charge on any atom is 0.241 e. The number of rotatable bonds is 2. The van der Waals surface area contributed by atoms with Crippen LogP contribution in [-0.2, 0) is 4.43 Å². The van der Waals surface area contributed by atoms with Crippen LogP contribution in [0.3, 0.4) is 0 Å². The van der Waals surface area contributed by atoms with Gasteiger partial charge in [0, 0.05) is 5.92 Å². The minimum Gasteiger partial charge on any atom is -0.547 e. The van der Waals surface area contributed by atoms with Gasteiger partial charge >= 0.3 is 0 Å². The van der Waals surface area contributed by atoms with Crippen LogP contribution in [0.25, 0.3) is 0 Å². The monoisotopic (exact) mass is 198 g/mol. The van der Waals surface area contributed by atoms with Crippen molar-refractivity contribution in [3.05, 3.63) is 11.3 Å². The van der Waals surface area contributed by atoms with E-state index in [0.717, 1.165) is 0 Å². The Morgan fingerprint density at radius 1 is 1.31 bits per heavy atom. The second-order valence-corrected chi connectivity index (χ2v) is 9.58. The summed E-state index contributed by atoms with van der Waals surface area (Å²) in [6.45, 7) is 11.3. The van der Waals surface area contributed by atoms with E-state index >= 15 is 0 Å². The third-order valence-electron chi connectivity index (χ3n) is 2.47. The van der Waals surface area contributed by atoms with Crippen LogP contribution in [0.2, 0.25) is 19.6 Å². The molecule has 76 valence electrons. The molecule has 0 aromatic heterocycles. The second kappa shape index (κ2) is 3.87. The zero-order valence-electron chi connectivity index (χ0n) is 9.61. The van der Waals surface area contributed by atoms with E-state index in [1.807, 2.05) is 0 Å². The lowest BCUT2D eigenvalue weighted by molar-refractivity contribution is 0.315. The van der Waals surface area contributed by atoms with Crippen LogP contribution < -0.4 is 0 Å². The maximum atomic E-state index is 6.12. The highest BCUT2D eigenvalue weighted by Gasteiger charge is 2.24. The predicted molar refractivity (Wildman–Crippen MR) is 60.1 cm³/mol. The average Bonchev–Trinajstić information content (AvgIpc) is 1.95. The van der Waals surface area contributed by atoms with Crippen LogP contribution >= 0.6 is 0 Å². The van der Waals surface area contributed by atoms with E-state index in [-0.39, 0.29) is 0 Å². The van der Waals surface area contributed by atoms with Gasteiger partial charge in [-0.15, -0.1) is 0 Å². The van der Waals surface area contributed by atoms with Gasteiger partial charge in [-0.2, -0.15) is 0 Å². The highest BCUT2D eigenvalue weighted by Crippen LogP contribution is 2.32. The van der Waals surface area contributed by atoms with Crippen LogP contribution in [0.15, 0.2) is 11.3 Å². The molecule has 1 nitrogen and oxygen atoms in total. The van der Waals surface area contributed by atoms with Crippen LogP contribution in [0.4, 0.5) is 0 Å². The molecule has 0 aromatic carbocycles. The van der Waals surface area contributed by atoms with Gasteiger partial charge in [0.15, 0.2) is 0 Å².